The highest BCUT2D eigenvalue weighted by atomic mass is 19.1. The summed E-state index contributed by atoms with van der Waals surface area (Å²) in [5.74, 6) is -1.55. The van der Waals surface area contributed by atoms with E-state index in [0.29, 0.717) is 36.9 Å². The second kappa shape index (κ2) is 10.7. The summed E-state index contributed by atoms with van der Waals surface area (Å²) in [6, 6.07) is 13.7. The van der Waals surface area contributed by atoms with Crippen molar-refractivity contribution in [1.29, 1.82) is 0 Å². The first kappa shape index (κ1) is 22.6. The summed E-state index contributed by atoms with van der Waals surface area (Å²) >= 11 is 0. The predicted octanol–water partition coefficient (Wildman–Crippen LogP) is 4.62. The summed E-state index contributed by atoms with van der Waals surface area (Å²) in [5.41, 5.74) is 1.68. The Balaban J connectivity index is 2.33. The van der Waals surface area contributed by atoms with Crippen LogP contribution in [0.4, 0.5) is 10.1 Å². The Hall–Kier alpha value is -2.73. The molecule has 2 N–H and O–H groups in total. The number of benzene rings is 2. The van der Waals surface area contributed by atoms with Gasteiger partial charge in [0.1, 0.15) is 11.4 Å². The van der Waals surface area contributed by atoms with E-state index in [4.69, 9.17) is 0 Å². The lowest BCUT2D eigenvalue weighted by Gasteiger charge is -2.31. The fourth-order valence-corrected chi connectivity index (χ4v) is 3.03. The van der Waals surface area contributed by atoms with Crippen LogP contribution in [-0.4, -0.2) is 22.5 Å². The molecule has 0 bridgehead atoms. The molecule has 29 heavy (non-hydrogen) atoms. The Morgan fingerprint density at radius 2 is 1.52 bits per heavy atom. The number of carbonyl (C=O) groups excluding carboxylic acids is 2. The van der Waals surface area contributed by atoms with Gasteiger partial charge in [-0.1, -0.05) is 57.7 Å². The van der Waals surface area contributed by atoms with Gasteiger partial charge in [-0.15, -0.1) is 0 Å². The second-order valence-electron chi connectivity index (χ2n) is 7.16. The third-order valence-corrected chi connectivity index (χ3v) is 4.83. The normalized spacial score (nSPS) is 11.2. The molecule has 2 rings (SSSR count). The standard InChI is InChI=1S/C23H29FN2O3/c1-3-5-16-23(29,17-6-4-2)22(28)25-26(20-14-12-19(24)13-15-20)21(27)18-10-8-7-9-11-18/h7-15,29H,3-6,16-17H2,1-2H3,(H,25,28). The maximum atomic E-state index is 13.4. The van der Waals surface area contributed by atoms with E-state index in [0.717, 1.165) is 17.9 Å². The number of hydrazine groups is 1. The molecule has 6 heteroatoms. The van der Waals surface area contributed by atoms with Gasteiger partial charge in [-0.25, -0.2) is 9.40 Å². The third kappa shape index (κ3) is 6.12. The van der Waals surface area contributed by atoms with Crippen molar-refractivity contribution >= 4 is 17.5 Å². The van der Waals surface area contributed by atoms with E-state index in [1.54, 1.807) is 30.3 Å². The van der Waals surface area contributed by atoms with Crippen LogP contribution >= 0.6 is 0 Å². The number of carbonyl (C=O) groups is 2. The molecule has 0 saturated heterocycles. The molecule has 156 valence electrons. The molecule has 0 aliphatic carbocycles. The van der Waals surface area contributed by atoms with E-state index in [-0.39, 0.29) is 0 Å². The number of hydrogen-bond donors (Lipinski definition) is 2. The van der Waals surface area contributed by atoms with Gasteiger partial charge in [-0.05, 0) is 49.2 Å². The molecule has 2 aromatic carbocycles. The highest BCUT2D eigenvalue weighted by Crippen LogP contribution is 2.24. The monoisotopic (exact) mass is 400 g/mol. The van der Waals surface area contributed by atoms with Crippen LogP contribution in [0.25, 0.3) is 0 Å². The van der Waals surface area contributed by atoms with Crippen LogP contribution in [0.3, 0.4) is 0 Å². The van der Waals surface area contributed by atoms with Crippen molar-refractivity contribution in [2.75, 3.05) is 5.01 Å². The largest absolute Gasteiger partial charge is 0.380 e. The smallest absolute Gasteiger partial charge is 0.277 e. The number of unbranched alkanes of at least 4 members (excludes halogenated alkanes) is 2. The molecule has 0 radical (unpaired) electrons. The first-order valence-corrected chi connectivity index (χ1v) is 10.1. The van der Waals surface area contributed by atoms with Crippen LogP contribution in [0.5, 0.6) is 0 Å². The Morgan fingerprint density at radius 3 is 2.03 bits per heavy atom. The molecule has 0 spiro atoms. The van der Waals surface area contributed by atoms with E-state index in [2.05, 4.69) is 5.43 Å². The Kier molecular flexibility index (Phi) is 8.34. The van der Waals surface area contributed by atoms with Crippen molar-refractivity contribution in [2.45, 2.75) is 58.0 Å². The van der Waals surface area contributed by atoms with Crippen molar-refractivity contribution < 1.29 is 19.1 Å². The van der Waals surface area contributed by atoms with Crippen LogP contribution in [0, 0.1) is 5.82 Å². The maximum absolute atomic E-state index is 13.4. The molecule has 0 aliphatic heterocycles. The Morgan fingerprint density at radius 1 is 0.966 bits per heavy atom. The van der Waals surface area contributed by atoms with Crippen molar-refractivity contribution in [3.05, 3.63) is 66.0 Å². The van der Waals surface area contributed by atoms with Crippen LogP contribution < -0.4 is 10.4 Å². The topological polar surface area (TPSA) is 69.6 Å². The van der Waals surface area contributed by atoms with Gasteiger partial charge < -0.3 is 5.11 Å². The summed E-state index contributed by atoms with van der Waals surface area (Å²) in [7, 11) is 0. The van der Waals surface area contributed by atoms with Gasteiger partial charge in [0, 0.05) is 5.56 Å². The molecular formula is C23H29FN2O3. The van der Waals surface area contributed by atoms with Crippen LogP contribution in [0.1, 0.15) is 62.7 Å². The molecule has 0 aliphatic rings. The predicted molar refractivity (Wildman–Crippen MR) is 112 cm³/mol. The highest BCUT2D eigenvalue weighted by molar-refractivity contribution is 6.07. The average molecular weight is 400 g/mol. The molecule has 0 aromatic heterocycles. The molecule has 0 unspecified atom stereocenters. The third-order valence-electron chi connectivity index (χ3n) is 4.83. The van der Waals surface area contributed by atoms with Gasteiger partial charge in [0.2, 0.25) is 0 Å². The number of amides is 2. The molecule has 0 saturated carbocycles. The molecule has 0 heterocycles. The molecular weight excluding hydrogens is 371 g/mol. The lowest BCUT2D eigenvalue weighted by Crippen LogP contribution is -2.55. The van der Waals surface area contributed by atoms with Gasteiger partial charge in [-0.3, -0.25) is 15.0 Å². The van der Waals surface area contributed by atoms with E-state index < -0.39 is 23.2 Å². The Bertz CT molecular complexity index is 786. The molecule has 0 atom stereocenters. The summed E-state index contributed by atoms with van der Waals surface area (Å²) in [6.07, 6.45) is 3.69. The zero-order valence-electron chi connectivity index (χ0n) is 17.0. The zero-order chi connectivity index (χ0) is 21.3. The number of hydrogen-bond acceptors (Lipinski definition) is 3. The van der Waals surface area contributed by atoms with Crippen LogP contribution in [0.2, 0.25) is 0 Å². The summed E-state index contributed by atoms with van der Waals surface area (Å²) in [6.45, 7) is 3.98. The Labute approximate surface area is 171 Å². The molecule has 0 fully saturated rings. The van der Waals surface area contributed by atoms with Crippen molar-refractivity contribution in [1.82, 2.24) is 5.43 Å². The van der Waals surface area contributed by atoms with E-state index in [1.807, 2.05) is 13.8 Å². The first-order chi connectivity index (χ1) is 13.9. The number of aliphatic hydroxyl groups is 1. The minimum Gasteiger partial charge on any atom is -0.380 e. The van der Waals surface area contributed by atoms with Gasteiger partial charge >= 0.3 is 0 Å². The van der Waals surface area contributed by atoms with E-state index in [1.165, 1.54) is 24.3 Å². The number of halogens is 1. The number of nitrogens with one attached hydrogen (secondary N) is 1. The minimum atomic E-state index is -1.57. The van der Waals surface area contributed by atoms with Gasteiger partial charge in [0.15, 0.2) is 0 Å². The zero-order valence-corrected chi connectivity index (χ0v) is 17.0. The number of anilines is 1. The number of rotatable bonds is 9. The van der Waals surface area contributed by atoms with Gasteiger partial charge in [0.05, 0.1) is 5.69 Å². The quantitative estimate of drug-likeness (QED) is 0.604. The molecule has 5 nitrogen and oxygen atoms in total. The van der Waals surface area contributed by atoms with Crippen molar-refractivity contribution in [3.8, 4) is 0 Å². The summed E-state index contributed by atoms with van der Waals surface area (Å²) in [4.78, 5) is 26.1. The highest BCUT2D eigenvalue weighted by Gasteiger charge is 2.36. The average Bonchev–Trinajstić information content (AvgIpc) is 2.75. The van der Waals surface area contributed by atoms with Crippen LogP contribution in [0.15, 0.2) is 54.6 Å². The van der Waals surface area contributed by atoms with Gasteiger partial charge in [0.25, 0.3) is 11.8 Å². The SMILES string of the molecule is CCCCC(O)(CCCC)C(=O)NN(C(=O)c1ccccc1)c1ccc(F)cc1. The maximum Gasteiger partial charge on any atom is 0.277 e. The second-order valence-corrected chi connectivity index (χ2v) is 7.16. The number of nitrogens with zero attached hydrogens (tertiary/aromatic N) is 1. The summed E-state index contributed by atoms with van der Waals surface area (Å²) in [5, 5.41) is 12.1. The fourth-order valence-electron chi connectivity index (χ4n) is 3.03. The van der Waals surface area contributed by atoms with Crippen molar-refractivity contribution in [3.63, 3.8) is 0 Å². The molecule has 2 amide bonds. The summed E-state index contributed by atoms with van der Waals surface area (Å²) < 4.78 is 13.4. The minimum absolute atomic E-state index is 0.307. The lowest BCUT2D eigenvalue weighted by molar-refractivity contribution is -0.141. The van der Waals surface area contributed by atoms with E-state index in [9.17, 15) is 19.1 Å². The van der Waals surface area contributed by atoms with Gasteiger partial charge in [-0.2, -0.15) is 0 Å². The molecule has 2 aromatic rings. The van der Waals surface area contributed by atoms with E-state index >= 15 is 0 Å². The van der Waals surface area contributed by atoms with Crippen LogP contribution in [-0.2, 0) is 4.79 Å². The first-order valence-electron chi connectivity index (χ1n) is 10.1. The lowest BCUT2D eigenvalue weighted by atomic mass is 9.90. The fraction of sp³-hybridized carbons (Fsp3) is 0.391. The van der Waals surface area contributed by atoms with Crippen molar-refractivity contribution in [2.24, 2.45) is 0 Å².